The molecule has 0 radical (unpaired) electrons. The highest BCUT2D eigenvalue weighted by Crippen LogP contribution is 2.38. The van der Waals surface area contributed by atoms with Crippen molar-refractivity contribution in [2.75, 3.05) is 31.5 Å². The van der Waals surface area contributed by atoms with E-state index < -0.39 is 17.9 Å². The van der Waals surface area contributed by atoms with Crippen molar-refractivity contribution in [3.63, 3.8) is 0 Å². The van der Waals surface area contributed by atoms with Crippen molar-refractivity contribution in [1.29, 1.82) is 0 Å². The number of piperazine rings is 1. The Morgan fingerprint density at radius 2 is 1.48 bits per heavy atom. The molecular weight excluding hydrogens is 654 g/mol. The Morgan fingerprint density at radius 3 is 2.06 bits per heavy atom. The number of hydrogen-bond acceptors (Lipinski definition) is 6. The second-order valence-electron chi connectivity index (χ2n) is 14.2. The lowest BCUT2D eigenvalue weighted by molar-refractivity contribution is -0.138. The molecule has 2 aliphatic rings. The molecule has 52 heavy (non-hydrogen) atoms. The Morgan fingerprint density at radius 1 is 0.846 bits per heavy atom. The van der Waals surface area contributed by atoms with Gasteiger partial charge < -0.3 is 21.3 Å². The Balaban J connectivity index is 1.14. The minimum atomic E-state index is -0.697. The first-order valence-electron chi connectivity index (χ1n) is 18.3. The second kappa shape index (κ2) is 16.4. The molecule has 11 heteroatoms. The smallest absolute Gasteiger partial charge is 0.266 e. The monoisotopic (exact) mass is 703 g/mol. The number of carbonyl (C=O) groups is 4. The molecule has 2 heterocycles. The first kappa shape index (κ1) is 36.5. The van der Waals surface area contributed by atoms with E-state index in [1.54, 1.807) is 17.7 Å². The van der Waals surface area contributed by atoms with Crippen LogP contribution in [-0.4, -0.2) is 75.4 Å². The number of hydrogen-bond donors (Lipinski definition) is 3. The predicted molar refractivity (Wildman–Crippen MR) is 201 cm³/mol. The van der Waals surface area contributed by atoms with Crippen molar-refractivity contribution in [2.45, 2.75) is 71.0 Å². The molecule has 1 aliphatic carbocycles. The molecule has 3 aromatic carbocycles. The van der Waals surface area contributed by atoms with E-state index in [-0.39, 0.29) is 41.8 Å². The van der Waals surface area contributed by atoms with Crippen LogP contribution in [0.25, 0.3) is 0 Å². The van der Waals surface area contributed by atoms with Crippen molar-refractivity contribution >= 4 is 29.3 Å². The molecule has 1 fully saturated rings. The average molecular weight is 704 g/mol. The lowest BCUT2D eigenvalue weighted by atomic mass is 9.86. The third-order valence-corrected chi connectivity index (χ3v) is 10.2. The number of rotatable bonds is 13. The molecule has 4 amide bonds. The minimum absolute atomic E-state index is 0.0536. The maximum Gasteiger partial charge on any atom is 0.266 e. The molecule has 0 bridgehead atoms. The molecule has 0 unspecified atom stereocenters. The van der Waals surface area contributed by atoms with Gasteiger partial charge in [-0.15, -0.1) is 0 Å². The van der Waals surface area contributed by atoms with Gasteiger partial charge in [-0.25, -0.2) is 0 Å². The zero-order chi connectivity index (χ0) is 36.8. The van der Waals surface area contributed by atoms with Crippen LogP contribution in [0.2, 0.25) is 0 Å². The Hall–Kier alpha value is -5.29. The highest BCUT2D eigenvalue weighted by Gasteiger charge is 2.37. The number of primary amides is 1. The van der Waals surface area contributed by atoms with Gasteiger partial charge in [-0.3, -0.25) is 28.8 Å². The summed E-state index contributed by atoms with van der Waals surface area (Å²) >= 11 is 0. The van der Waals surface area contributed by atoms with Crippen molar-refractivity contribution < 1.29 is 19.2 Å². The van der Waals surface area contributed by atoms with Gasteiger partial charge in [0.2, 0.25) is 17.7 Å². The average Bonchev–Trinajstić information content (AvgIpc) is 3.78. The summed E-state index contributed by atoms with van der Waals surface area (Å²) in [6.07, 6.45) is 2.04. The summed E-state index contributed by atoms with van der Waals surface area (Å²) < 4.78 is 1.59. The van der Waals surface area contributed by atoms with Crippen LogP contribution in [0, 0.1) is 5.92 Å². The van der Waals surface area contributed by atoms with Gasteiger partial charge in [0.1, 0.15) is 11.7 Å². The topological polar surface area (TPSA) is 143 Å². The minimum Gasteiger partial charge on any atom is -0.364 e. The SMILES string of the molecule is CCC(=O)N[C@H](Cc1ccc(NC(=O)[C@H](c2cc(C(N)=O)n(C(C)C)n2)C2Cc3ccccc3C2)cc1)C(=O)N1CCN(Cc2ccccc2)CC1. The Labute approximate surface area is 305 Å². The fourth-order valence-corrected chi connectivity index (χ4v) is 7.43. The molecule has 1 saturated heterocycles. The number of nitrogens with zero attached hydrogens (tertiary/aromatic N) is 4. The van der Waals surface area contributed by atoms with E-state index in [0.717, 1.165) is 25.2 Å². The maximum atomic E-state index is 14.1. The van der Waals surface area contributed by atoms with Crippen molar-refractivity contribution in [3.05, 3.63) is 119 Å². The molecule has 0 spiro atoms. The number of anilines is 1. The predicted octanol–water partition coefficient (Wildman–Crippen LogP) is 4.48. The number of fused-ring (bicyclic) bond motifs is 1. The summed E-state index contributed by atoms with van der Waals surface area (Å²) in [6, 6.07) is 26.8. The molecule has 0 saturated carbocycles. The summed E-state index contributed by atoms with van der Waals surface area (Å²) in [6.45, 7) is 9.17. The normalized spacial score (nSPS) is 16.0. The maximum absolute atomic E-state index is 14.1. The number of nitrogens with one attached hydrogen (secondary N) is 2. The molecule has 4 N–H and O–H groups in total. The van der Waals surface area contributed by atoms with Gasteiger partial charge >= 0.3 is 0 Å². The van der Waals surface area contributed by atoms with E-state index in [0.29, 0.717) is 43.7 Å². The van der Waals surface area contributed by atoms with Gasteiger partial charge in [-0.2, -0.15) is 5.10 Å². The largest absolute Gasteiger partial charge is 0.364 e. The molecule has 6 rings (SSSR count). The van der Waals surface area contributed by atoms with Gasteiger partial charge in [-0.05, 0) is 73.1 Å². The Kier molecular flexibility index (Phi) is 11.5. The highest BCUT2D eigenvalue weighted by molar-refractivity contribution is 5.97. The summed E-state index contributed by atoms with van der Waals surface area (Å²) in [5.74, 6) is -1.75. The van der Waals surface area contributed by atoms with Crippen LogP contribution in [-0.2, 0) is 40.2 Å². The zero-order valence-electron chi connectivity index (χ0n) is 30.3. The number of nitrogens with two attached hydrogens (primary N) is 1. The zero-order valence-corrected chi connectivity index (χ0v) is 30.3. The van der Waals surface area contributed by atoms with Crippen LogP contribution in [0.3, 0.4) is 0 Å². The van der Waals surface area contributed by atoms with Gasteiger partial charge in [0.05, 0.1) is 11.6 Å². The van der Waals surface area contributed by atoms with Gasteiger partial charge in [0, 0.05) is 57.3 Å². The number of amides is 4. The van der Waals surface area contributed by atoms with Crippen LogP contribution >= 0.6 is 0 Å². The van der Waals surface area contributed by atoms with Gasteiger partial charge in [0.15, 0.2) is 0 Å². The van der Waals surface area contributed by atoms with Crippen LogP contribution in [0.1, 0.15) is 77.6 Å². The van der Waals surface area contributed by atoms with Gasteiger partial charge in [-0.1, -0.05) is 73.7 Å². The molecule has 1 aromatic heterocycles. The van der Waals surface area contributed by atoms with E-state index in [4.69, 9.17) is 10.8 Å². The molecule has 272 valence electrons. The number of carbonyl (C=O) groups excluding carboxylic acids is 4. The molecule has 1 aliphatic heterocycles. The van der Waals surface area contributed by atoms with E-state index in [9.17, 15) is 19.2 Å². The fourth-order valence-electron chi connectivity index (χ4n) is 7.43. The summed E-state index contributed by atoms with van der Waals surface area (Å²) in [5, 5.41) is 10.8. The summed E-state index contributed by atoms with van der Waals surface area (Å²) in [5.41, 5.74) is 11.6. The third-order valence-electron chi connectivity index (χ3n) is 10.2. The quantitative estimate of drug-likeness (QED) is 0.188. The van der Waals surface area contributed by atoms with Crippen molar-refractivity contribution in [2.24, 2.45) is 11.7 Å². The molecule has 11 nitrogen and oxygen atoms in total. The Bertz CT molecular complexity index is 1860. The van der Waals surface area contributed by atoms with Crippen LogP contribution in [0.15, 0.2) is 84.9 Å². The summed E-state index contributed by atoms with van der Waals surface area (Å²) in [4.78, 5) is 56.9. The molecule has 2 atom stereocenters. The first-order chi connectivity index (χ1) is 25.1. The van der Waals surface area contributed by atoms with Crippen LogP contribution in [0.5, 0.6) is 0 Å². The summed E-state index contributed by atoms with van der Waals surface area (Å²) in [7, 11) is 0. The number of benzene rings is 3. The van der Waals surface area contributed by atoms with Crippen molar-refractivity contribution in [3.8, 4) is 0 Å². The molecule has 4 aromatic rings. The number of aromatic nitrogens is 2. The lowest BCUT2D eigenvalue weighted by Gasteiger charge is -2.36. The first-order valence-corrected chi connectivity index (χ1v) is 18.3. The molecular formula is C41H49N7O4. The lowest BCUT2D eigenvalue weighted by Crippen LogP contribution is -2.55. The van der Waals surface area contributed by atoms with Crippen LogP contribution in [0.4, 0.5) is 5.69 Å². The standard InChI is InChI=1S/C41H49N7O4/c1-4-37(49)44-35(41(52)47-20-18-46(19-21-47)26-29-10-6-5-7-11-29)22-28-14-16-33(17-15-28)43-40(51)38(32-23-30-12-8-9-13-31(30)24-32)34-25-36(39(42)50)48(45-34)27(2)3/h5-17,25,27,32,35,38H,4,18-24,26H2,1-3H3,(H2,42,50)(H,43,51)(H,44,49)/t35-,38+/m1/s1. The van der Waals surface area contributed by atoms with E-state index >= 15 is 0 Å². The fraction of sp³-hybridized carbons (Fsp3) is 0.390. The van der Waals surface area contributed by atoms with E-state index in [1.807, 2.05) is 73.3 Å². The van der Waals surface area contributed by atoms with Gasteiger partial charge in [0.25, 0.3) is 5.91 Å². The van der Waals surface area contributed by atoms with E-state index in [1.165, 1.54) is 16.7 Å². The highest BCUT2D eigenvalue weighted by atomic mass is 16.2. The van der Waals surface area contributed by atoms with E-state index in [2.05, 4.69) is 39.8 Å². The second-order valence-corrected chi connectivity index (χ2v) is 14.2. The van der Waals surface area contributed by atoms with Crippen molar-refractivity contribution in [1.82, 2.24) is 24.9 Å². The third kappa shape index (κ3) is 8.59. The van der Waals surface area contributed by atoms with Crippen LogP contribution < -0.4 is 16.4 Å².